The molecule has 2 rings (SSSR count). The Labute approximate surface area is 116 Å². The topological polar surface area (TPSA) is 26.3 Å². The summed E-state index contributed by atoms with van der Waals surface area (Å²) in [6, 6.07) is 8.09. The summed E-state index contributed by atoms with van der Waals surface area (Å²) in [5.41, 5.74) is 2.12. The fourth-order valence-corrected chi connectivity index (χ4v) is 3.04. The van der Waals surface area contributed by atoms with Crippen LogP contribution in [0.5, 0.6) is 0 Å². The molecule has 1 fully saturated rings. The van der Waals surface area contributed by atoms with Gasteiger partial charge in [-0.1, -0.05) is 44.5 Å². The summed E-state index contributed by atoms with van der Waals surface area (Å²) in [4.78, 5) is 12.6. The third kappa shape index (κ3) is 2.89. The fourth-order valence-electron chi connectivity index (χ4n) is 3.04. The second kappa shape index (κ2) is 5.87. The first-order chi connectivity index (χ1) is 9.04. The van der Waals surface area contributed by atoms with Gasteiger partial charge in [0.15, 0.2) is 5.78 Å². The highest BCUT2D eigenvalue weighted by Gasteiger charge is 2.41. The molecule has 2 nitrogen and oxygen atoms in total. The van der Waals surface area contributed by atoms with Crippen molar-refractivity contribution in [3.63, 3.8) is 0 Å². The number of ether oxygens (including phenoxy) is 1. The van der Waals surface area contributed by atoms with Crippen molar-refractivity contribution >= 4 is 5.78 Å². The second-order valence-corrected chi connectivity index (χ2v) is 5.74. The lowest BCUT2D eigenvalue weighted by molar-refractivity contribution is 0.0491. The van der Waals surface area contributed by atoms with Crippen LogP contribution in [0.4, 0.5) is 0 Å². The van der Waals surface area contributed by atoms with Crippen molar-refractivity contribution in [2.24, 2.45) is 11.8 Å². The summed E-state index contributed by atoms with van der Waals surface area (Å²) in [7, 11) is 0. The third-order valence-corrected chi connectivity index (χ3v) is 4.32. The van der Waals surface area contributed by atoms with Gasteiger partial charge in [0, 0.05) is 5.56 Å². The van der Waals surface area contributed by atoms with Crippen LogP contribution < -0.4 is 0 Å². The van der Waals surface area contributed by atoms with Gasteiger partial charge in [-0.2, -0.15) is 0 Å². The molecular weight excluding hydrogens is 236 g/mol. The van der Waals surface area contributed by atoms with Crippen molar-refractivity contribution < 1.29 is 9.53 Å². The fraction of sp³-hybridized carbons (Fsp3) is 0.588. The minimum Gasteiger partial charge on any atom is -0.374 e. The maximum Gasteiger partial charge on any atom is 0.168 e. The molecule has 0 aromatic heterocycles. The Morgan fingerprint density at radius 2 is 1.74 bits per heavy atom. The normalized spacial score (nSPS) is 30.5. The molecule has 0 bridgehead atoms. The number of carbonyl (C=O) groups is 1. The quantitative estimate of drug-likeness (QED) is 0.768. The van der Waals surface area contributed by atoms with Gasteiger partial charge in [0.05, 0.1) is 18.1 Å². The molecule has 2 heteroatoms. The molecule has 4 atom stereocenters. The van der Waals surface area contributed by atoms with Crippen molar-refractivity contribution in [2.45, 2.75) is 52.7 Å². The predicted octanol–water partition coefficient (Wildman–Crippen LogP) is 3.88. The van der Waals surface area contributed by atoms with E-state index in [1.54, 1.807) is 0 Å². The van der Waals surface area contributed by atoms with E-state index in [-0.39, 0.29) is 29.8 Å². The van der Waals surface area contributed by atoms with Crippen LogP contribution >= 0.6 is 0 Å². The van der Waals surface area contributed by atoms with Crippen molar-refractivity contribution in [3.05, 3.63) is 35.4 Å². The Balaban J connectivity index is 2.15. The van der Waals surface area contributed by atoms with Crippen LogP contribution in [0.1, 0.15) is 50.0 Å². The van der Waals surface area contributed by atoms with E-state index in [9.17, 15) is 4.79 Å². The molecule has 1 aliphatic rings. The average molecular weight is 260 g/mol. The first kappa shape index (κ1) is 14.3. The standard InChI is InChI=1S/C17H24O2/c1-5-6-14-7-9-15(10-8-14)17(18)16-11(2)12(3)19-13(16)4/h7-13,16H,5-6H2,1-4H3. The van der Waals surface area contributed by atoms with Crippen LogP contribution in [0.25, 0.3) is 0 Å². The molecule has 4 unspecified atom stereocenters. The van der Waals surface area contributed by atoms with E-state index in [1.807, 2.05) is 19.1 Å². The van der Waals surface area contributed by atoms with Gasteiger partial charge < -0.3 is 4.74 Å². The molecule has 0 aliphatic carbocycles. The van der Waals surface area contributed by atoms with Crippen LogP contribution in [0.2, 0.25) is 0 Å². The number of aryl methyl sites for hydroxylation is 1. The molecule has 104 valence electrons. The second-order valence-electron chi connectivity index (χ2n) is 5.74. The summed E-state index contributed by atoms with van der Waals surface area (Å²) in [6.07, 6.45) is 2.40. The SMILES string of the molecule is CCCc1ccc(C(=O)C2C(C)OC(C)C2C)cc1. The Bertz CT molecular complexity index is 435. The van der Waals surface area contributed by atoms with E-state index in [2.05, 4.69) is 32.9 Å². The summed E-state index contributed by atoms with van der Waals surface area (Å²) >= 11 is 0. The van der Waals surface area contributed by atoms with Gasteiger partial charge in [-0.15, -0.1) is 0 Å². The molecule has 0 saturated carbocycles. The van der Waals surface area contributed by atoms with Crippen LogP contribution in [0.15, 0.2) is 24.3 Å². The van der Waals surface area contributed by atoms with Crippen LogP contribution in [-0.2, 0) is 11.2 Å². The molecular formula is C17H24O2. The number of ketones is 1. The lowest BCUT2D eigenvalue weighted by Crippen LogP contribution is -2.26. The zero-order valence-corrected chi connectivity index (χ0v) is 12.3. The van der Waals surface area contributed by atoms with Crippen LogP contribution in [0.3, 0.4) is 0 Å². The molecule has 0 amide bonds. The van der Waals surface area contributed by atoms with Crippen molar-refractivity contribution in [3.8, 4) is 0 Å². The third-order valence-electron chi connectivity index (χ3n) is 4.32. The highest BCUT2D eigenvalue weighted by Crippen LogP contribution is 2.34. The average Bonchev–Trinajstić information content (AvgIpc) is 2.64. The smallest absolute Gasteiger partial charge is 0.168 e. The highest BCUT2D eigenvalue weighted by molar-refractivity contribution is 5.98. The van der Waals surface area contributed by atoms with Gasteiger partial charge >= 0.3 is 0 Å². The Morgan fingerprint density at radius 3 is 2.21 bits per heavy atom. The lowest BCUT2D eigenvalue weighted by Gasteiger charge is -2.17. The molecule has 0 spiro atoms. The van der Waals surface area contributed by atoms with Gasteiger partial charge in [0.1, 0.15) is 0 Å². The first-order valence-electron chi connectivity index (χ1n) is 7.33. The summed E-state index contributed by atoms with van der Waals surface area (Å²) in [6.45, 7) is 8.34. The molecule has 1 heterocycles. The number of carbonyl (C=O) groups excluding carboxylic acids is 1. The first-order valence-corrected chi connectivity index (χ1v) is 7.33. The van der Waals surface area contributed by atoms with Crippen molar-refractivity contribution in [2.75, 3.05) is 0 Å². The molecule has 1 saturated heterocycles. The summed E-state index contributed by atoms with van der Waals surface area (Å²) in [5, 5.41) is 0. The number of hydrogen-bond acceptors (Lipinski definition) is 2. The minimum absolute atomic E-state index is 0.00738. The number of hydrogen-bond donors (Lipinski definition) is 0. The number of Topliss-reactive ketones (excluding diaryl/α,β-unsaturated/α-hetero) is 1. The molecule has 19 heavy (non-hydrogen) atoms. The zero-order valence-electron chi connectivity index (χ0n) is 12.3. The molecule has 0 N–H and O–H groups in total. The lowest BCUT2D eigenvalue weighted by atomic mass is 9.83. The maximum atomic E-state index is 12.6. The van der Waals surface area contributed by atoms with Gasteiger partial charge in [0.2, 0.25) is 0 Å². The Kier molecular flexibility index (Phi) is 4.41. The Morgan fingerprint density at radius 1 is 1.11 bits per heavy atom. The molecule has 1 aromatic rings. The molecule has 0 radical (unpaired) electrons. The van der Waals surface area contributed by atoms with Gasteiger partial charge in [0.25, 0.3) is 0 Å². The number of benzene rings is 1. The van der Waals surface area contributed by atoms with Crippen molar-refractivity contribution in [1.29, 1.82) is 0 Å². The van der Waals surface area contributed by atoms with E-state index < -0.39 is 0 Å². The van der Waals surface area contributed by atoms with E-state index in [0.717, 1.165) is 18.4 Å². The van der Waals surface area contributed by atoms with Gasteiger partial charge in [-0.05, 0) is 31.7 Å². The summed E-state index contributed by atoms with van der Waals surface area (Å²) in [5.74, 6) is 0.511. The molecule has 1 aromatic carbocycles. The van der Waals surface area contributed by atoms with Crippen LogP contribution in [-0.4, -0.2) is 18.0 Å². The van der Waals surface area contributed by atoms with Gasteiger partial charge in [-0.25, -0.2) is 0 Å². The van der Waals surface area contributed by atoms with E-state index >= 15 is 0 Å². The Hall–Kier alpha value is -1.15. The van der Waals surface area contributed by atoms with Gasteiger partial charge in [-0.3, -0.25) is 4.79 Å². The van der Waals surface area contributed by atoms with Crippen molar-refractivity contribution in [1.82, 2.24) is 0 Å². The highest BCUT2D eigenvalue weighted by atomic mass is 16.5. The minimum atomic E-state index is -0.00738. The zero-order chi connectivity index (χ0) is 14.0. The predicted molar refractivity (Wildman–Crippen MR) is 77.4 cm³/mol. The van der Waals surface area contributed by atoms with E-state index in [0.29, 0.717) is 0 Å². The monoisotopic (exact) mass is 260 g/mol. The molecule has 1 aliphatic heterocycles. The van der Waals surface area contributed by atoms with E-state index in [4.69, 9.17) is 4.74 Å². The van der Waals surface area contributed by atoms with Crippen LogP contribution in [0, 0.1) is 11.8 Å². The maximum absolute atomic E-state index is 12.6. The largest absolute Gasteiger partial charge is 0.374 e. The number of rotatable bonds is 4. The summed E-state index contributed by atoms with van der Waals surface area (Å²) < 4.78 is 5.77. The van der Waals surface area contributed by atoms with E-state index in [1.165, 1.54) is 5.56 Å².